The maximum absolute atomic E-state index is 12.5. The average Bonchev–Trinajstić information content (AvgIpc) is 2.98. The van der Waals surface area contributed by atoms with Crippen LogP contribution in [0.25, 0.3) is 11.3 Å². The summed E-state index contributed by atoms with van der Waals surface area (Å²) < 4.78 is 10.6. The predicted octanol–water partition coefficient (Wildman–Crippen LogP) is 1.86. The van der Waals surface area contributed by atoms with Crippen LogP contribution in [0, 0.1) is 0 Å². The second-order valence-corrected chi connectivity index (χ2v) is 5.95. The summed E-state index contributed by atoms with van der Waals surface area (Å²) in [5, 5.41) is 0. The molecule has 122 valence electrons. The molecule has 24 heavy (non-hydrogen) atoms. The van der Waals surface area contributed by atoms with Gasteiger partial charge in [-0.1, -0.05) is 24.3 Å². The number of ketones is 2. The molecule has 6 nitrogen and oxygen atoms in total. The molecule has 0 amide bonds. The monoisotopic (exact) mass is 325 g/mol. The molecule has 0 fully saturated rings. The third-order valence-electron chi connectivity index (χ3n) is 4.57. The lowest BCUT2D eigenvalue weighted by molar-refractivity contribution is -0.142. The fourth-order valence-electron chi connectivity index (χ4n) is 3.38. The highest BCUT2D eigenvalue weighted by Crippen LogP contribution is 2.40. The van der Waals surface area contributed by atoms with Gasteiger partial charge in [-0.25, -0.2) is 0 Å². The van der Waals surface area contributed by atoms with E-state index in [9.17, 15) is 14.4 Å². The number of carbonyl (C=O) groups is 3. The van der Waals surface area contributed by atoms with Gasteiger partial charge in [0, 0.05) is 23.2 Å². The summed E-state index contributed by atoms with van der Waals surface area (Å²) in [6.45, 7) is 1.20. The third-order valence-corrected chi connectivity index (χ3v) is 4.57. The van der Waals surface area contributed by atoms with Crippen LogP contribution in [0.1, 0.15) is 32.0 Å². The first-order valence-corrected chi connectivity index (χ1v) is 7.72. The van der Waals surface area contributed by atoms with Crippen molar-refractivity contribution in [2.45, 2.75) is 13.0 Å². The Morgan fingerprint density at radius 1 is 1.21 bits per heavy atom. The normalized spacial score (nSPS) is 16.4. The number of carbonyl (C=O) groups excluding carboxylic acids is 3. The highest BCUT2D eigenvalue weighted by atomic mass is 16.5. The molecule has 2 heterocycles. The molecular formula is C18H15NO5. The molecule has 1 aliphatic carbocycles. The van der Waals surface area contributed by atoms with Gasteiger partial charge >= 0.3 is 5.97 Å². The molecule has 4 rings (SSSR count). The summed E-state index contributed by atoms with van der Waals surface area (Å²) in [4.78, 5) is 38.2. The van der Waals surface area contributed by atoms with Gasteiger partial charge < -0.3 is 9.15 Å². The maximum Gasteiger partial charge on any atom is 0.319 e. The molecule has 0 saturated heterocycles. The van der Waals surface area contributed by atoms with Crippen LogP contribution in [0.15, 0.2) is 28.7 Å². The van der Waals surface area contributed by atoms with Crippen molar-refractivity contribution in [3.63, 3.8) is 0 Å². The topological polar surface area (TPSA) is 76.8 Å². The molecular weight excluding hydrogens is 310 g/mol. The Morgan fingerprint density at radius 2 is 1.96 bits per heavy atom. The quantitative estimate of drug-likeness (QED) is 0.619. The van der Waals surface area contributed by atoms with Crippen molar-refractivity contribution in [2.24, 2.45) is 0 Å². The molecule has 1 aromatic heterocycles. The van der Waals surface area contributed by atoms with E-state index in [1.807, 2.05) is 11.0 Å². The molecule has 0 radical (unpaired) electrons. The van der Waals surface area contributed by atoms with Crippen molar-refractivity contribution in [1.82, 2.24) is 4.90 Å². The molecule has 1 aromatic carbocycles. The number of ether oxygens (including phenoxy) is 1. The summed E-state index contributed by atoms with van der Waals surface area (Å²) in [6.07, 6.45) is 0.562. The van der Waals surface area contributed by atoms with E-state index in [4.69, 9.17) is 4.42 Å². The number of benzene rings is 1. The maximum atomic E-state index is 12.5. The van der Waals surface area contributed by atoms with Crippen molar-refractivity contribution in [3.05, 3.63) is 46.7 Å². The Bertz CT molecular complexity index is 880. The zero-order valence-electron chi connectivity index (χ0n) is 13.1. The first kappa shape index (κ1) is 14.8. The number of hydrogen-bond donors (Lipinski definition) is 0. The van der Waals surface area contributed by atoms with E-state index in [0.29, 0.717) is 47.7 Å². The van der Waals surface area contributed by atoms with Crippen molar-refractivity contribution >= 4 is 17.5 Å². The van der Waals surface area contributed by atoms with Crippen LogP contribution in [-0.2, 0) is 22.5 Å². The molecule has 2 aliphatic rings. The van der Waals surface area contributed by atoms with E-state index in [1.165, 1.54) is 7.11 Å². The standard InChI is InChI=1S/C18H15NO5/c1-23-14(20)9-19-7-6-12-13(8-19)24-18-11-5-3-2-4-10(11)16(21)17(22)15(12)18/h2-5H,6-9H2,1H3. The first-order chi connectivity index (χ1) is 11.6. The van der Waals surface area contributed by atoms with E-state index < -0.39 is 11.6 Å². The molecule has 0 saturated carbocycles. The fraction of sp³-hybridized carbons (Fsp3) is 0.278. The van der Waals surface area contributed by atoms with Crippen LogP contribution < -0.4 is 0 Å². The molecule has 0 bridgehead atoms. The molecule has 0 atom stereocenters. The highest BCUT2D eigenvalue weighted by molar-refractivity contribution is 6.53. The van der Waals surface area contributed by atoms with Gasteiger partial charge in [0.15, 0.2) is 0 Å². The van der Waals surface area contributed by atoms with Gasteiger partial charge in [-0.3, -0.25) is 19.3 Å². The Balaban J connectivity index is 1.77. The van der Waals surface area contributed by atoms with E-state index in [2.05, 4.69) is 4.74 Å². The SMILES string of the molecule is COC(=O)CN1CCc2c(oc3c2C(=O)C(=O)c2ccccc2-3)C1. The van der Waals surface area contributed by atoms with Crippen LogP contribution >= 0.6 is 0 Å². The van der Waals surface area contributed by atoms with Crippen molar-refractivity contribution in [1.29, 1.82) is 0 Å². The van der Waals surface area contributed by atoms with Crippen molar-refractivity contribution < 1.29 is 23.5 Å². The minimum atomic E-state index is -0.505. The van der Waals surface area contributed by atoms with Gasteiger partial charge in [-0.05, 0) is 6.42 Å². The Kier molecular flexibility index (Phi) is 3.35. The van der Waals surface area contributed by atoms with Crippen LogP contribution in [0.5, 0.6) is 0 Å². The number of nitrogens with zero attached hydrogens (tertiary/aromatic N) is 1. The second-order valence-electron chi connectivity index (χ2n) is 5.95. The summed E-state index contributed by atoms with van der Waals surface area (Å²) >= 11 is 0. The molecule has 0 spiro atoms. The number of Topliss-reactive ketones (excluding diaryl/α,β-unsaturated/α-hetero) is 2. The van der Waals surface area contributed by atoms with Crippen LogP contribution in [0.3, 0.4) is 0 Å². The lowest BCUT2D eigenvalue weighted by atomic mass is 9.85. The molecule has 2 aromatic rings. The van der Waals surface area contributed by atoms with Gasteiger partial charge in [0.25, 0.3) is 0 Å². The van der Waals surface area contributed by atoms with Gasteiger partial charge in [-0.2, -0.15) is 0 Å². The smallest absolute Gasteiger partial charge is 0.319 e. The van der Waals surface area contributed by atoms with Crippen LogP contribution in [0.4, 0.5) is 0 Å². The first-order valence-electron chi connectivity index (χ1n) is 7.72. The van der Waals surface area contributed by atoms with Crippen molar-refractivity contribution in [3.8, 4) is 11.3 Å². The Hall–Kier alpha value is -2.73. The van der Waals surface area contributed by atoms with Crippen LogP contribution in [0.2, 0.25) is 0 Å². The van der Waals surface area contributed by atoms with Gasteiger partial charge in [0.2, 0.25) is 11.6 Å². The summed E-state index contributed by atoms with van der Waals surface area (Å²) in [6, 6.07) is 6.98. The van der Waals surface area contributed by atoms with Crippen molar-refractivity contribution in [2.75, 3.05) is 20.2 Å². The largest absolute Gasteiger partial charge is 0.468 e. The van der Waals surface area contributed by atoms with E-state index in [-0.39, 0.29) is 12.5 Å². The number of esters is 1. The van der Waals surface area contributed by atoms with Gasteiger partial charge in [0.05, 0.1) is 25.8 Å². The Labute approximate surface area is 138 Å². The van der Waals surface area contributed by atoms with E-state index in [1.54, 1.807) is 18.2 Å². The lowest BCUT2D eigenvalue weighted by Crippen LogP contribution is -2.35. The van der Waals surface area contributed by atoms with Crippen LogP contribution in [-0.4, -0.2) is 42.6 Å². The minimum absolute atomic E-state index is 0.171. The van der Waals surface area contributed by atoms with E-state index >= 15 is 0 Å². The number of furan rings is 1. The fourth-order valence-corrected chi connectivity index (χ4v) is 3.38. The Morgan fingerprint density at radius 3 is 2.71 bits per heavy atom. The molecule has 6 heteroatoms. The van der Waals surface area contributed by atoms with E-state index in [0.717, 1.165) is 5.56 Å². The molecule has 0 N–H and O–H groups in total. The molecule has 1 aliphatic heterocycles. The number of rotatable bonds is 2. The lowest BCUT2D eigenvalue weighted by Gasteiger charge is -2.24. The predicted molar refractivity (Wildman–Crippen MR) is 83.8 cm³/mol. The number of hydrogen-bond acceptors (Lipinski definition) is 6. The number of methoxy groups -OCH3 is 1. The minimum Gasteiger partial charge on any atom is -0.468 e. The number of fused-ring (bicyclic) bond motifs is 5. The summed E-state index contributed by atoms with van der Waals surface area (Å²) in [5.74, 6) is -0.187. The highest BCUT2D eigenvalue weighted by Gasteiger charge is 2.38. The zero-order valence-corrected chi connectivity index (χ0v) is 13.1. The third kappa shape index (κ3) is 2.11. The average molecular weight is 325 g/mol. The second kappa shape index (κ2) is 5.42. The molecule has 0 unspecified atom stereocenters. The summed E-state index contributed by atoms with van der Waals surface area (Å²) in [5.41, 5.74) is 2.23. The van der Waals surface area contributed by atoms with Gasteiger partial charge in [-0.15, -0.1) is 0 Å². The summed E-state index contributed by atoms with van der Waals surface area (Å²) in [7, 11) is 1.35. The van der Waals surface area contributed by atoms with Gasteiger partial charge in [0.1, 0.15) is 11.5 Å². The zero-order chi connectivity index (χ0) is 16.8.